The van der Waals surface area contributed by atoms with E-state index >= 15 is 0 Å². The topological polar surface area (TPSA) is 40.1 Å². The molecule has 1 atom stereocenters. The van der Waals surface area contributed by atoms with Crippen LogP contribution in [0.4, 0.5) is 13.2 Å². The number of para-hydroxylation sites is 1. The van der Waals surface area contributed by atoms with Gasteiger partial charge >= 0.3 is 6.18 Å². The first-order chi connectivity index (χ1) is 12.9. The van der Waals surface area contributed by atoms with E-state index in [1.807, 2.05) is 35.2 Å². The standard InChI is InChI=1S/C19H29F3N4O.HI/c1-16(19(20,21)22)25-11-13-26(14-12-25)18(23-2)24-10-6-7-15-27-17-8-4-3-5-9-17;/h3-5,8-9,16H,6-7,10-15H2,1-2H3,(H,23,24);1H. The highest BCUT2D eigenvalue weighted by Crippen LogP contribution is 2.25. The van der Waals surface area contributed by atoms with Crippen LogP contribution < -0.4 is 10.1 Å². The number of aliphatic imine (C=N–C) groups is 1. The van der Waals surface area contributed by atoms with Crippen LogP contribution in [0.1, 0.15) is 19.8 Å². The predicted octanol–water partition coefficient (Wildman–Crippen LogP) is 3.61. The summed E-state index contributed by atoms with van der Waals surface area (Å²) in [7, 11) is 1.70. The Bertz CT molecular complexity index is 578. The lowest BCUT2D eigenvalue weighted by molar-refractivity contribution is -0.181. The van der Waals surface area contributed by atoms with Crippen molar-refractivity contribution in [2.24, 2.45) is 4.99 Å². The minimum Gasteiger partial charge on any atom is -0.494 e. The van der Waals surface area contributed by atoms with Crippen LogP contribution in [-0.2, 0) is 0 Å². The second-order valence-corrected chi connectivity index (χ2v) is 6.58. The van der Waals surface area contributed by atoms with Gasteiger partial charge in [0.05, 0.1) is 6.61 Å². The lowest BCUT2D eigenvalue weighted by Gasteiger charge is -2.39. The fourth-order valence-electron chi connectivity index (χ4n) is 2.99. The van der Waals surface area contributed by atoms with E-state index in [1.165, 1.54) is 11.8 Å². The van der Waals surface area contributed by atoms with Crippen molar-refractivity contribution in [3.8, 4) is 5.75 Å². The zero-order chi connectivity index (χ0) is 19.7. The van der Waals surface area contributed by atoms with Gasteiger partial charge in [0.25, 0.3) is 0 Å². The fourth-order valence-corrected chi connectivity index (χ4v) is 2.99. The third kappa shape index (κ3) is 8.02. The van der Waals surface area contributed by atoms with Gasteiger partial charge in [-0.1, -0.05) is 18.2 Å². The van der Waals surface area contributed by atoms with Crippen LogP contribution in [0.25, 0.3) is 0 Å². The number of benzene rings is 1. The van der Waals surface area contributed by atoms with Crippen LogP contribution in [0.5, 0.6) is 5.75 Å². The maximum atomic E-state index is 12.8. The number of ether oxygens (including phenoxy) is 1. The van der Waals surface area contributed by atoms with E-state index < -0.39 is 12.2 Å². The van der Waals surface area contributed by atoms with Crippen LogP contribution in [0.2, 0.25) is 0 Å². The van der Waals surface area contributed by atoms with Crippen molar-refractivity contribution < 1.29 is 17.9 Å². The average molecular weight is 514 g/mol. The molecule has 1 aromatic rings. The Hall–Kier alpha value is -1.23. The number of alkyl halides is 3. The van der Waals surface area contributed by atoms with Gasteiger partial charge in [0.2, 0.25) is 0 Å². The van der Waals surface area contributed by atoms with Gasteiger partial charge in [-0.15, -0.1) is 24.0 Å². The van der Waals surface area contributed by atoms with Gasteiger partial charge in [0.1, 0.15) is 11.8 Å². The first kappa shape index (κ1) is 24.8. The number of guanidine groups is 1. The third-order valence-electron chi connectivity index (χ3n) is 4.71. The molecule has 160 valence electrons. The molecule has 0 bridgehead atoms. The molecular formula is C19H30F3IN4O. The molecule has 1 N–H and O–H groups in total. The number of halogens is 4. The number of nitrogens with one attached hydrogen (secondary N) is 1. The van der Waals surface area contributed by atoms with E-state index in [1.54, 1.807) is 7.05 Å². The van der Waals surface area contributed by atoms with Crippen molar-refractivity contribution in [2.45, 2.75) is 32.0 Å². The second-order valence-electron chi connectivity index (χ2n) is 6.58. The Morgan fingerprint density at radius 3 is 2.36 bits per heavy atom. The zero-order valence-electron chi connectivity index (χ0n) is 16.4. The van der Waals surface area contributed by atoms with Gasteiger partial charge in [-0.25, -0.2) is 0 Å². The summed E-state index contributed by atoms with van der Waals surface area (Å²) in [4.78, 5) is 7.75. The lowest BCUT2D eigenvalue weighted by Crippen LogP contribution is -2.56. The van der Waals surface area contributed by atoms with Crippen molar-refractivity contribution in [1.82, 2.24) is 15.1 Å². The number of rotatable bonds is 7. The molecule has 0 aromatic heterocycles. The normalized spacial score (nSPS) is 17.0. The van der Waals surface area contributed by atoms with Gasteiger partial charge in [-0.2, -0.15) is 13.2 Å². The summed E-state index contributed by atoms with van der Waals surface area (Å²) in [6, 6.07) is 8.29. The summed E-state index contributed by atoms with van der Waals surface area (Å²) in [5.74, 6) is 1.62. The van der Waals surface area contributed by atoms with Crippen LogP contribution in [0.15, 0.2) is 35.3 Å². The van der Waals surface area contributed by atoms with Gasteiger partial charge in [-0.05, 0) is 31.9 Å². The molecule has 1 fully saturated rings. The smallest absolute Gasteiger partial charge is 0.403 e. The molecule has 1 unspecified atom stereocenters. The van der Waals surface area contributed by atoms with Crippen LogP contribution in [0, 0.1) is 0 Å². The quantitative estimate of drug-likeness (QED) is 0.261. The maximum Gasteiger partial charge on any atom is 0.403 e. The van der Waals surface area contributed by atoms with Crippen molar-refractivity contribution >= 4 is 29.9 Å². The number of unbranched alkanes of at least 4 members (excludes halogenated alkanes) is 1. The molecule has 2 rings (SSSR count). The fraction of sp³-hybridized carbons (Fsp3) is 0.632. The number of piperazine rings is 1. The number of nitrogens with zero attached hydrogens (tertiary/aromatic N) is 3. The number of hydrogen-bond donors (Lipinski definition) is 1. The average Bonchev–Trinajstić information content (AvgIpc) is 2.67. The Morgan fingerprint density at radius 2 is 1.79 bits per heavy atom. The van der Waals surface area contributed by atoms with Crippen LogP contribution in [-0.4, -0.2) is 74.4 Å². The highest BCUT2D eigenvalue weighted by Gasteiger charge is 2.41. The summed E-state index contributed by atoms with van der Waals surface area (Å²) in [5, 5.41) is 3.29. The number of hydrogen-bond acceptors (Lipinski definition) is 3. The Labute approximate surface area is 182 Å². The predicted molar refractivity (Wildman–Crippen MR) is 117 cm³/mol. The molecule has 5 nitrogen and oxygen atoms in total. The Kier molecular flexibility index (Phi) is 10.9. The first-order valence-electron chi connectivity index (χ1n) is 9.36. The lowest BCUT2D eigenvalue weighted by atomic mass is 10.2. The minimum atomic E-state index is -4.18. The van der Waals surface area contributed by atoms with Gasteiger partial charge in [0, 0.05) is 39.8 Å². The molecule has 9 heteroatoms. The third-order valence-corrected chi connectivity index (χ3v) is 4.71. The van der Waals surface area contributed by atoms with E-state index in [-0.39, 0.29) is 24.0 Å². The molecule has 0 saturated carbocycles. The molecule has 0 radical (unpaired) electrons. The minimum absolute atomic E-state index is 0. The van der Waals surface area contributed by atoms with Crippen molar-refractivity contribution in [3.63, 3.8) is 0 Å². The highest BCUT2D eigenvalue weighted by molar-refractivity contribution is 14.0. The summed E-state index contributed by atoms with van der Waals surface area (Å²) in [6.07, 6.45) is -2.34. The second kappa shape index (κ2) is 12.4. The maximum absolute atomic E-state index is 12.8. The summed E-state index contributed by atoms with van der Waals surface area (Å²) in [6.45, 7) is 4.47. The SMILES string of the molecule is CN=C(NCCCCOc1ccccc1)N1CCN(C(C)C(F)(F)F)CC1.I. The molecule has 0 aliphatic carbocycles. The molecular weight excluding hydrogens is 484 g/mol. The van der Waals surface area contributed by atoms with Crippen molar-refractivity contribution in [1.29, 1.82) is 0 Å². The van der Waals surface area contributed by atoms with Gasteiger partial charge in [-0.3, -0.25) is 9.89 Å². The summed E-state index contributed by atoms with van der Waals surface area (Å²) in [5.41, 5.74) is 0. The van der Waals surface area contributed by atoms with Crippen molar-refractivity contribution in [3.05, 3.63) is 30.3 Å². The largest absolute Gasteiger partial charge is 0.494 e. The van der Waals surface area contributed by atoms with E-state index in [0.29, 0.717) is 32.8 Å². The van der Waals surface area contributed by atoms with E-state index in [0.717, 1.165) is 31.1 Å². The van der Waals surface area contributed by atoms with Crippen LogP contribution >= 0.6 is 24.0 Å². The monoisotopic (exact) mass is 514 g/mol. The molecule has 0 spiro atoms. The van der Waals surface area contributed by atoms with E-state index in [4.69, 9.17) is 4.74 Å². The van der Waals surface area contributed by atoms with Gasteiger partial charge in [0.15, 0.2) is 5.96 Å². The molecule has 28 heavy (non-hydrogen) atoms. The zero-order valence-corrected chi connectivity index (χ0v) is 18.7. The molecule has 1 aliphatic rings. The highest BCUT2D eigenvalue weighted by atomic mass is 127. The summed E-state index contributed by atoms with van der Waals surface area (Å²) >= 11 is 0. The molecule has 1 aromatic carbocycles. The van der Waals surface area contributed by atoms with Crippen molar-refractivity contribution in [2.75, 3.05) is 46.4 Å². The Morgan fingerprint density at radius 1 is 1.14 bits per heavy atom. The summed E-state index contributed by atoms with van der Waals surface area (Å²) < 4.78 is 44.1. The molecule has 1 aliphatic heterocycles. The Balaban J connectivity index is 0.00000392. The van der Waals surface area contributed by atoms with Gasteiger partial charge < -0.3 is 15.0 Å². The molecule has 0 amide bonds. The van der Waals surface area contributed by atoms with E-state index in [2.05, 4.69) is 10.3 Å². The molecule has 1 heterocycles. The molecule has 1 saturated heterocycles. The van der Waals surface area contributed by atoms with E-state index in [9.17, 15) is 13.2 Å². The first-order valence-corrected chi connectivity index (χ1v) is 9.36. The van der Waals surface area contributed by atoms with Crippen LogP contribution in [0.3, 0.4) is 0 Å².